The van der Waals surface area contributed by atoms with E-state index in [9.17, 15) is 9.18 Å². The molecule has 0 aliphatic carbocycles. The van der Waals surface area contributed by atoms with Crippen LogP contribution in [0.3, 0.4) is 0 Å². The van der Waals surface area contributed by atoms with Crippen LogP contribution in [0.2, 0.25) is 0 Å². The molecule has 0 spiro atoms. The molecule has 96 valence electrons. The fraction of sp³-hybridized carbons (Fsp3) is 0.364. The number of nitrogens with two attached hydrogens (primary N) is 1. The standard InChI is InChI=1S/C11H14BrFN2O.ClH/c1-11(2,6-14)15-10(16)8-5-7(12)3-4-9(8)13;/h3-5H,6,14H2,1-2H3,(H,15,16);1H. The zero-order chi connectivity index (χ0) is 12.3. The van der Waals surface area contributed by atoms with Crippen molar-refractivity contribution in [1.82, 2.24) is 5.32 Å². The van der Waals surface area contributed by atoms with Gasteiger partial charge in [0.15, 0.2) is 0 Å². The Labute approximate surface area is 114 Å². The SMILES string of the molecule is CC(C)(CN)NC(=O)c1cc(Br)ccc1F.Cl. The number of amides is 1. The van der Waals surface area contributed by atoms with Crippen molar-refractivity contribution in [2.75, 3.05) is 6.54 Å². The van der Waals surface area contributed by atoms with Crippen LogP contribution in [0.1, 0.15) is 24.2 Å². The zero-order valence-corrected chi connectivity index (χ0v) is 12.0. The average molecular weight is 326 g/mol. The highest BCUT2D eigenvalue weighted by Crippen LogP contribution is 2.16. The Balaban J connectivity index is 0.00000256. The van der Waals surface area contributed by atoms with Crippen LogP contribution in [-0.2, 0) is 0 Å². The number of benzene rings is 1. The number of carbonyl (C=O) groups is 1. The number of carbonyl (C=O) groups excluding carboxylic acids is 1. The molecule has 0 aliphatic rings. The molecule has 1 aromatic carbocycles. The van der Waals surface area contributed by atoms with E-state index in [0.717, 1.165) is 0 Å². The molecule has 0 saturated heterocycles. The van der Waals surface area contributed by atoms with Gasteiger partial charge in [0.05, 0.1) is 5.56 Å². The van der Waals surface area contributed by atoms with E-state index in [4.69, 9.17) is 5.73 Å². The lowest BCUT2D eigenvalue weighted by Gasteiger charge is -2.24. The van der Waals surface area contributed by atoms with Gasteiger partial charge in [0.2, 0.25) is 0 Å². The van der Waals surface area contributed by atoms with Gasteiger partial charge in [-0.05, 0) is 32.0 Å². The van der Waals surface area contributed by atoms with Crippen molar-refractivity contribution in [1.29, 1.82) is 0 Å². The van der Waals surface area contributed by atoms with Gasteiger partial charge in [-0.3, -0.25) is 4.79 Å². The third-order valence-corrected chi connectivity index (χ3v) is 2.63. The van der Waals surface area contributed by atoms with Gasteiger partial charge in [-0.1, -0.05) is 15.9 Å². The molecule has 0 fully saturated rings. The fourth-order valence-electron chi connectivity index (χ4n) is 1.10. The second kappa shape index (κ2) is 6.33. The van der Waals surface area contributed by atoms with Gasteiger partial charge in [0, 0.05) is 16.6 Å². The first kappa shape index (κ1) is 16.4. The third-order valence-electron chi connectivity index (χ3n) is 2.14. The number of halogens is 3. The largest absolute Gasteiger partial charge is 0.346 e. The number of hydrogen-bond acceptors (Lipinski definition) is 2. The summed E-state index contributed by atoms with van der Waals surface area (Å²) in [4.78, 5) is 11.8. The number of rotatable bonds is 3. The Morgan fingerprint density at radius 1 is 1.53 bits per heavy atom. The van der Waals surface area contributed by atoms with Gasteiger partial charge in [-0.2, -0.15) is 0 Å². The summed E-state index contributed by atoms with van der Waals surface area (Å²) in [6, 6.07) is 4.23. The Bertz CT molecular complexity index is 412. The van der Waals surface area contributed by atoms with Crippen molar-refractivity contribution in [3.05, 3.63) is 34.1 Å². The van der Waals surface area contributed by atoms with Gasteiger partial charge in [-0.15, -0.1) is 12.4 Å². The summed E-state index contributed by atoms with van der Waals surface area (Å²) in [7, 11) is 0. The molecule has 0 heterocycles. The first-order chi connectivity index (χ1) is 7.35. The van der Waals surface area contributed by atoms with Gasteiger partial charge in [0.25, 0.3) is 5.91 Å². The highest BCUT2D eigenvalue weighted by atomic mass is 79.9. The topological polar surface area (TPSA) is 55.1 Å². The van der Waals surface area contributed by atoms with E-state index in [1.165, 1.54) is 12.1 Å². The quantitative estimate of drug-likeness (QED) is 0.897. The van der Waals surface area contributed by atoms with Crippen molar-refractivity contribution >= 4 is 34.2 Å². The molecule has 6 heteroatoms. The van der Waals surface area contributed by atoms with Crippen molar-refractivity contribution in [3.8, 4) is 0 Å². The second-order valence-corrected chi connectivity index (χ2v) is 5.08. The van der Waals surface area contributed by atoms with Gasteiger partial charge >= 0.3 is 0 Å². The van der Waals surface area contributed by atoms with Gasteiger partial charge < -0.3 is 11.1 Å². The first-order valence-corrected chi connectivity index (χ1v) is 5.62. The van der Waals surface area contributed by atoms with E-state index in [-0.39, 0.29) is 24.5 Å². The lowest BCUT2D eigenvalue weighted by Crippen LogP contribution is -2.49. The predicted octanol–water partition coefficient (Wildman–Crippen LogP) is 2.48. The summed E-state index contributed by atoms with van der Waals surface area (Å²) in [5.41, 5.74) is 4.94. The Hall–Kier alpha value is -0.650. The van der Waals surface area contributed by atoms with Crippen LogP contribution in [0.4, 0.5) is 4.39 Å². The highest BCUT2D eigenvalue weighted by molar-refractivity contribution is 9.10. The minimum absolute atomic E-state index is 0. The first-order valence-electron chi connectivity index (χ1n) is 4.83. The Morgan fingerprint density at radius 2 is 2.12 bits per heavy atom. The minimum Gasteiger partial charge on any atom is -0.346 e. The second-order valence-electron chi connectivity index (χ2n) is 4.17. The van der Waals surface area contributed by atoms with Crippen molar-refractivity contribution in [3.63, 3.8) is 0 Å². The van der Waals surface area contributed by atoms with Crippen LogP contribution in [0.15, 0.2) is 22.7 Å². The van der Waals surface area contributed by atoms with E-state index >= 15 is 0 Å². The molecule has 0 atom stereocenters. The third kappa shape index (κ3) is 4.61. The fourth-order valence-corrected chi connectivity index (χ4v) is 1.46. The number of nitrogens with one attached hydrogen (secondary N) is 1. The molecule has 0 aliphatic heterocycles. The predicted molar refractivity (Wildman–Crippen MR) is 71.9 cm³/mol. The molecule has 1 amide bonds. The monoisotopic (exact) mass is 324 g/mol. The van der Waals surface area contributed by atoms with E-state index in [1.807, 2.05) is 0 Å². The maximum atomic E-state index is 13.4. The molecule has 0 unspecified atom stereocenters. The number of hydrogen-bond donors (Lipinski definition) is 2. The lowest BCUT2D eigenvalue weighted by atomic mass is 10.1. The summed E-state index contributed by atoms with van der Waals surface area (Å²) in [5, 5.41) is 2.67. The van der Waals surface area contributed by atoms with E-state index in [2.05, 4.69) is 21.2 Å². The molecule has 17 heavy (non-hydrogen) atoms. The molecule has 0 bridgehead atoms. The van der Waals surface area contributed by atoms with Crippen LogP contribution < -0.4 is 11.1 Å². The van der Waals surface area contributed by atoms with Gasteiger partial charge in [0.1, 0.15) is 5.82 Å². The normalized spacial score (nSPS) is 10.6. The van der Waals surface area contributed by atoms with E-state index < -0.39 is 17.3 Å². The Kier molecular flexibility index (Phi) is 6.09. The average Bonchev–Trinajstić information content (AvgIpc) is 2.21. The van der Waals surface area contributed by atoms with Crippen LogP contribution >= 0.6 is 28.3 Å². The molecule has 1 rings (SSSR count). The smallest absolute Gasteiger partial charge is 0.254 e. The molecule has 0 saturated carbocycles. The Morgan fingerprint density at radius 3 is 2.65 bits per heavy atom. The molecular formula is C11H15BrClFN2O. The summed E-state index contributed by atoms with van der Waals surface area (Å²) < 4.78 is 14.0. The molecule has 0 radical (unpaired) electrons. The van der Waals surface area contributed by atoms with Crippen molar-refractivity contribution in [2.45, 2.75) is 19.4 Å². The summed E-state index contributed by atoms with van der Waals surface area (Å²) in [6.45, 7) is 3.84. The van der Waals surface area contributed by atoms with Crippen molar-refractivity contribution in [2.24, 2.45) is 5.73 Å². The molecule has 1 aromatic rings. The van der Waals surface area contributed by atoms with Crippen LogP contribution in [-0.4, -0.2) is 18.0 Å². The molecule has 3 nitrogen and oxygen atoms in total. The van der Waals surface area contributed by atoms with Crippen molar-refractivity contribution < 1.29 is 9.18 Å². The maximum absolute atomic E-state index is 13.4. The molecule has 0 aromatic heterocycles. The molecule has 3 N–H and O–H groups in total. The van der Waals surface area contributed by atoms with Crippen LogP contribution in [0.25, 0.3) is 0 Å². The van der Waals surface area contributed by atoms with E-state index in [1.54, 1.807) is 19.9 Å². The summed E-state index contributed by atoms with van der Waals surface area (Å²) >= 11 is 3.19. The lowest BCUT2D eigenvalue weighted by molar-refractivity contribution is 0.0911. The van der Waals surface area contributed by atoms with Crippen LogP contribution in [0, 0.1) is 5.82 Å². The summed E-state index contributed by atoms with van der Waals surface area (Å²) in [6.07, 6.45) is 0. The molecular weight excluding hydrogens is 310 g/mol. The highest BCUT2D eigenvalue weighted by Gasteiger charge is 2.21. The maximum Gasteiger partial charge on any atom is 0.254 e. The van der Waals surface area contributed by atoms with Gasteiger partial charge in [-0.25, -0.2) is 4.39 Å². The van der Waals surface area contributed by atoms with Crippen LogP contribution in [0.5, 0.6) is 0 Å². The zero-order valence-electron chi connectivity index (χ0n) is 9.59. The minimum atomic E-state index is -0.550. The van der Waals surface area contributed by atoms with E-state index in [0.29, 0.717) is 4.47 Å². The summed E-state index contributed by atoms with van der Waals surface area (Å²) in [5.74, 6) is -1.01.